The summed E-state index contributed by atoms with van der Waals surface area (Å²) in [6, 6.07) is 0. The molecule has 0 heterocycles. The monoisotopic (exact) mass is 356 g/mol. The first-order valence-corrected chi connectivity index (χ1v) is 10.4. The van der Waals surface area contributed by atoms with Crippen LogP contribution in [0.3, 0.4) is 0 Å². The lowest BCUT2D eigenvalue weighted by Crippen LogP contribution is -1.96. The van der Waals surface area contributed by atoms with Gasteiger partial charge < -0.3 is 0 Å². The molecule has 0 saturated carbocycles. The molecule has 0 radical (unpaired) electrons. The topological polar surface area (TPSA) is 34.1 Å². The van der Waals surface area contributed by atoms with Crippen LogP contribution in [0.15, 0.2) is 48.6 Å². The highest BCUT2D eigenvalue weighted by Crippen LogP contribution is 2.07. The molecule has 0 atom stereocenters. The maximum absolute atomic E-state index is 11.2. The Morgan fingerprint density at radius 3 is 1.08 bits per heavy atom. The summed E-state index contributed by atoms with van der Waals surface area (Å²) >= 11 is 0. The van der Waals surface area contributed by atoms with Gasteiger partial charge in [-0.3, -0.25) is 9.59 Å². The van der Waals surface area contributed by atoms with E-state index in [1.165, 1.54) is 0 Å². The van der Waals surface area contributed by atoms with Gasteiger partial charge in [-0.15, -0.1) is 0 Å². The highest BCUT2D eigenvalue weighted by atomic mass is 16.1. The minimum Gasteiger partial charge on any atom is -0.300 e. The molecule has 0 aromatic carbocycles. The molecule has 0 saturated heterocycles. The molecule has 26 heavy (non-hydrogen) atoms. The second kappa shape index (κ2) is 16.8. The molecule has 0 bridgehead atoms. The molecule has 2 aliphatic carbocycles. The Labute approximate surface area is 160 Å². The summed E-state index contributed by atoms with van der Waals surface area (Å²) in [4.78, 5) is 22.5. The first-order valence-electron chi connectivity index (χ1n) is 10.4. The first-order chi connectivity index (χ1) is 12.8. The average Bonchev–Trinajstić information content (AvgIpc) is 2.61. The van der Waals surface area contributed by atoms with Gasteiger partial charge in [0.05, 0.1) is 0 Å². The number of allylic oxidation sites excluding steroid dienone is 8. The molecule has 0 amide bonds. The highest BCUT2D eigenvalue weighted by molar-refractivity contribution is 5.78. The predicted octanol–water partition coefficient (Wildman–Crippen LogP) is 6.82. The number of hydrogen-bond donors (Lipinski definition) is 0. The normalized spacial score (nSPS) is 20.8. The number of hydrogen-bond acceptors (Lipinski definition) is 2. The van der Waals surface area contributed by atoms with Gasteiger partial charge in [0.25, 0.3) is 0 Å². The standard InChI is InChI=1S/2C12H18O/c2*13-12-10-8-6-4-2-1-3-5-7-9-11-12/h2*2,4-5,7H,1,3,6,8-11H2. The molecule has 2 heteroatoms. The van der Waals surface area contributed by atoms with Crippen LogP contribution in [0.2, 0.25) is 0 Å². The summed E-state index contributed by atoms with van der Waals surface area (Å²) in [7, 11) is 0. The zero-order valence-electron chi connectivity index (χ0n) is 16.3. The van der Waals surface area contributed by atoms with E-state index in [-0.39, 0.29) is 0 Å². The molecular formula is C24H36O2. The van der Waals surface area contributed by atoms with E-state index in [0.29, 0.717) is 11.6 Å². The summed E-state index contributed by atoms with van der Waals surface area (Å²) in [6.45, 7) is 0. The van der Waals surface area contributed by atoms with E-state index in [0.717, 1.165) is 89.9 Å². The Hall–Kier alpha value is -1.70. The average molecular weight is 357 g/mol. The molecule has 2 aliphatic rings. The van der Waals surface area contributed by atoms with Crippen molar-refractivity contribution in [2.75, 3.05) is 0 Å². The lowest BCUT2D eigenvalue weighted by Gasteiger charge is -1.98. The van der Waals surface area contributed by atoms with E-state index < -0.39 is 0 Å². The highest BCUT2D eigenvalue weighted by Gasteiger charge is 2.00. The number of Topliss-reactive ketones (excluding diaryl/α,β-unsaturated/α-hetero) is 2. The summed E-state index contributed by atoms with van der Waals surface area (Å²) < 4.78 is 0. The summed E-state index contributed by atoms with van der Waals surface area (Å²) in [5, 5.41) is 0. The van der Waals surface area contributed by atoms with Gasteiger partial charge in [0, 0.05) is 25.7 Å². The first kappa shape index (κ1) is 22.3. The fourth-order valence-corrected chi connectivity index (χ4v) is 2.90. The van der Waals surface area contributed by atoms with Crippen molar-refractivity contribution in [3.8, 4) is 0 Å². The van der Waals surface area contributed by atoms with Crippen molar-refractivity contribution in [2.45, 2.75) is 89.9 Å². The quantitative estimate of drug-likeness (QED) is 0.446. The Bertz CT molecular complexity index is 448. The SMILES string of the molecule is O=C1CCC=CCCC=CCCC1.O=C1CCC=CCCC=CCCC1. The lowest BCUT2D eigenvalue weighted by atomic mass is 10.1. The van der Waals surface area contributed by atoms with Crippen molar-refractivity contribution in [3.63, 3.8) is 0 Å². The van der Waals surface area contributed by atoms with Crippen LogP contribution in [0.4, 0.5) is 0 Å². The van der Waals surface area contributed by atoms with E-state index in [1.807, 2.05) is 0 Å². The maximum Gasteiger partial charge on any atom is 0.133 e. The maximum atomic E-state index is 11.2. The Kier molecular flexibility index (Phi) is 14.4. The second-order valence-electron chi connectivity index (χ2n) is 6.98. The molecule has 0 aliphatic heterocycles. The molecule has 0 unspecified atom stereocenters. The van der Waals surface area contributed by atoms with Crippen LogP contribution < -0.4 is 0 Å². The third kappa shape index (κ3) is 14.6. The fourth-order valence-electron chi connectivity index (χ4n) is 2.90. The molecule has 2 rings (SSSR count). The van der Waals surface area contributed by atoms with Crippen LogP contribution in [-0.4, -0.2) is 11.6 Å². The molecule has 0 aromatic rings. The zero-order valence-corrected chi connectivity index (χ0v) is 16.3. The van der Waals surface area contributed by atoms with E-state index in [2.05, 4.69) is 48.6 Å². The van der Waals surface area contributed by atoms with Crippen LogP contribution in [0.5, 0.6) is 0 Å². The van der Waals surface area contributed by atoms with Crippen LogP contribution in [-0.2, 0) is 9.59 Å². The summed E-state index contributed by atoms with van der Waals surface area (Å²) in [5.41, 5.74) is 0. The number of carbonyl (C=O) groups is 2. The van der Waals surface area contributed by atoms with Crippen LogP contribution in [0, 0.1) is 0 Å². The fraction of sp³-hybridized carbons (Fsp3) is 0.583. The summed E-state index contributed by atoms with van der Waals surface area (Å²) in [5.74, 6) is 0.831. The molecule has 0 aromatic heterocycles. The van der Waals surface area contributed by atoms with Crippen LogP contribution in [0.25, 0.3) is 0 Å². The molecule has 0 fully saturated rings. The van der Waals surface area contributed by atoms with Gasteiger partial charge in [0.2, 0.25) is 0 Å². The molecule has 0 spiro atoms. The minimum atomic E-state index is 0.415. The number of carbonyl (C=O) groups excluding carboxylic acids is 2. The Morgan fingerprint density at radius 2 is 0.692 bits per heavy atom. The van der Waals surface area contributed by atoms with Gasteiger partial charge >= 0.3 is 0 Å². The Morgan fingerprint density at radius 1 is 0.385 bits per heavy atom. The van der Waals surface area contributed by atoms with Crippen molar-refractivity contribution in [1.82, 2.24) is 0 Å². The van der Waals surface area contributed by atoms with Gasteiger partial charge in [0.1, 0.15) is 11.6 Å². The van der Waals surface area contributed by atoms with Crippen molar-refractivity contribution < 1.29 is 9.59 Å². The van der Waals surface area contributed by atoms with Gasteiger partial charge in [0.15, 0.2) is 0 Å². The molecule has 144 valence electrons. The van der Waals surface area contributed by atoms with Gasteiger partial charge in [-0.2, -0.15) is 0 Å². The molecular weight excluding hydrogens is 320 g/mol. The van der Waals surface area contributed by atoms with E-state index in [9.17, 15) is 9.59 Å². The largest absolute Gasteiger partial charge is 0.300 e. The van der Waals surface area contributed by atoms with Crippen LogP contribution in [0.1, 0.15) is 89.9 Å². The van der Waals surface area contributed by atoms with Crippen molar-refractivity contribution in [1.29, 1.82) is 0 Å². The summed E-state index contributed by atoms with van der Waals surface area (Å²) in [6.07, 6.45) is 31.0. The van der Waals surface area contributed by atoms with E-state index in [4.69, 9.17) is 0 Å². The molecule has 2 nitrogen and oxygen atoms in total. The minimum absolute atomic E-state index is 0.415. The van der Waals surface area contributed by atoms with Crippen molar-refractivity contribution in [3.05, 3.63) is 48.6 Å². The lowest BCUT2D eigenvalue weighted by molar-refractivity contribution is -0.119. The van der Waals surface area contributed by atoms with Gasteiger partial charge in [-0.25, -0.2) is 0 Å². The predicted molar refractivity (Wildman–Crippen MR) is 111 cm³/mol. The smallest absolute Gasteiger partial charge is 0.133 e. The van der Waals surface area contributed by atoms with Crippen LogP contribution >= 0.6 is 0 Å². The zero-order chi connectivity index (χ0) is 18.7. The van der Waals surface area contributed by atoms with Crippen molar-refractivity contribution >= 4 is 11.6 Å². The third-order valence-electron chi connectivity index (χ3n) is 4.50. The van der Waals surface area contributed by atoms with Gasteiger partial charge in [-0.05, 0) is 64.2 Å². The third-order valence-corrected chi connectivity index (χ3v) is 4.50. The van der Waals surface area contributed by atoms with Gasteiger partial charge in [-0.1, -0.05) is 48.6 Å². The number of ketones is 2. The number of rotatable bonds is 0. The van der Waals surface area contributed by atoms with E-state index >= 15 is 0 Å². The molecule has 0 N–H and O–H groups in total. The van der Waals surface area contributed by atoms with Crippen molar-refractivity contribution in [2.24, 2.45) is 0 Å². The Balaban J connectivity index is 0.000000260. The van der Waals surface area contributed by atoms with E-state index in [1.54, 1.807) is 0 Å². The second-order valence-corrected chi connectivity index (χ2v) is 6.98.